The third kappa shape index (κ3) is 3.61. The largest absolute Gasteiger partial charge is 0.395 e. The summed E-state index contributed by atoms with van der Waals surface area (Å²) in [4.78, 5) is 13.3. The van der Waals surface area contributed by atoms with Crippen LogP contribution >= 0.6 is 0 Å². The zero-order valence-electron chi connectivity index (χ0n) is 8.53. The Balaban J connectivity index is 2.15. The molecular weight excluding hydrogens is 184 g/mol. The lowest BCUT2D eigenvalue weighted by molar-refractivity contribution is -0.122. The fraction of sp³-hybridized carbons (Fsp3) is 0.889. The highest BCUT2D eigenvalue weighted by molar-refractivity contribution is 5.78. The highest BCUT2D eigenvalue weighted by Gasteiger charge is 2.23. The lowest BCUT2D eigenvalue weighted by Gasteiger charge is -2.14. The van der Waals surface area contributed by atoms with Crippen LogP contribution in [-0.2, 0) is 9.53 Å². The van der Waals surface area contributed by atoms with Crippen LogP contribution in [0, 0.1) is 0 Å². The predicted octanol–water partition coefficient (Wildman–Crippen LogP) is -1.18. The lowest BCUT2D eigenvalue weighted by atomic mass is 10.3. The van der Waals surface area contributed by atoms with E-state index in [0.717, 1.165) is 19.5 Å². The molecule has 0 spiro atoms. The number of carbonyl (C=O) groups is 1. The quantitative estimate of drug-likeness (QED) is 0.589. The zero-order valence-corrected chi connectivity index (χ0v) is 8.53. The normalized spacial score (nSPS) is 22.6. The van der Waals surface area contributed by atoms with Gasteiger partial charge in [0.15, 0.2) is 0 Å². The van der Waals surface area contributed by atoms with Crippen molar-refractivity contribution in [1.29, 1.82) is 0 Å². The van der Waals surface area contributed by atoms with Gasteiger partial charge >= 0.3 is 0 Å². The Morgan fingerprint density at radius 1 is 1.71 bits per heavy atom. The van der Waals surface area contributed by atoms with Gasteiger partial charge in [0.1, 0.15) is 0 Å². The van der Waals surface area contributed by atoms with Gasteiger partial charge < -0.3 is 15.2 Å². The molecule has 1 unspecified atom stereocenters. The van der Waals surface area contributed by atoms with E-state index < -0.39 is 0 Å². The van der Waals surface area contributed by atoms with E-state index in [-0.39, 0.29) is 18.6 Å². The van der Waals surface area contributed by atoms with Crippen LogP contribution in [-0.4, -0.2) is 61.9 Å². The Kier molecular flexibility index (Phi) is 4.86. The standard InChI is InChI=1S/C9H18N2O3/c1-14-8-2-4-11(6-8)7-9(13)10-3-5-12/h8,12H,2-7H2,1H3,(H,10,13). The minimum Gasteiger partial charge on any atom is -0.395 e. The summed E-state index contributed by atoms with van der Waals surface area (Å²) >= 11 is 0. The molecule has 2 N–H and O–H groups in total. The molecule has 14 heavy (non-hydrogen) atoms. The average Bonchev–Trinajstić information content (AvgIpc) is 2.62. The second kappa shape index (κ2) is 5.95. The average molecular weight is 202 g/mol. The summed E-state index contributed by atoms with van der Waals surface area (Å²) in [6.45, 7) is 2.46. The number of nitrogens with one attached hydrogen (secondary N) is 1. The highest BCUT2D eigenvalue weighted by Crippen LogP contribution is 2.10. The van der Waals surface area contributed by atoms with Gasteiger partial charge in [-0.25, -0.2) is 0 Å². The van der Waals surface area contributed by atoms with E-state index in [4.69, 9.17) is 9.84 Å². The molecule has 1 saturated heterocycles. The van der Waals surface area contributed by atoms with Crippen molar-refractivity contribution in [1.82, 2.24) is 10.2 Å². The second-order valence-electron chi connectivity index (χ2n) is 3.46. The Morgan fingerprint density at radius 2 is 2.50 bits per heavy atom. The van der Waals surface area contributed by atoms with Crippen molar-refractivity contribution in [3.63, 3.8) is 0 Å². The molecule has 0 aromatic heterocycles. The van der Waals surface area contributed by atoms with Crippen LogP contribution in [0.5, 0.6) is 0 Å². The Bertz CT molecular complexity index is 187. The van der Waals surface area contributed by atoms with Crippen LogP contribution in [0.1, 0.15) is 6.42 Å². The molecule has 1 rings (SSSR count). The van der Waals surface area contributed by atoms with Crippen LogP contribution in [0.2, 0.25) is 0 Å². The van der Waals surface area contributed by atoms with Crippen LogP contribution in [0.25, 0.3) is 0 Å². The highest BCUT2D eigenvalue weighted by atomic mass is 16.5. The van der Waals surface area contributed by atoms with Gasteiger partial charge in [0.05, 0.1) is 19.3 Å². The first kappa shape index (κ1) is 11.4. The molecule has 0 radical (unpaired) electrons. The first-order chi connectivity index (χ1) is 6.76. The summed E-state index contributed by atoms with van der Waals surface area (Å²) in [5.41, 5.74) is 0. The molecule has 1 aliphatic heterocycles. The fourth-order valence-corrected chi connectivity index (χ4v) is 1.59. The van der Waals surface area contributed by atoms with Crippen molar-refractivity contribution in [2.45, 2.75) is 12.5 Å². The van der Waals surface area contributed by atoms with Crippen LogP contribution in [0.15, 0.2) is 0 Å². The maximum absolute atomic E-state index is 11.2. The van der Waals surface area contributed by atoms with Crippen molar-refractivity contribution >= 4 is 5.91 Å². The number of aliphatic hydroxyl groups is 1. The summed E-state index contributed by atoms with van der Waals surface area (Å²) in [5.74, 6) is -0.0317. The van der Waals surface area contributed by atoms with E-state index in [1.807, 2.05) is 0 Å². The van der Waals surface area contributed by atoms with E-state index in [0.29, 0.717) is 13.1 Å². The maximum Gasteiger partial charge on any atom is 0.234 e. The zero-order chi connectivity index (χ0) is 10.4. The van der Waals surface area contributed by atoms with Gasteiger partial charge in [0, 0.05) is 26.7 Å². The van der Waals surface area contributed by atoms with E-state index in [9.17, 15) is 4.79 Å². The number of ether oxygens (including phenoxy) is 1. The van der Waals surface area contributed by atoms with Crippen LogP contribution in [0.4, 0.5) is 0 Å². The van der Waals surface area contributed by atoms with Crippen LogP contribution < -0.4 is 5.32 Å². The van der Waals surface area contributed by atoms with E-state index in [1.54, 1.807) is 7.11 Å². The van der Waals surface area contributed by atoms with Gasteiger partial charge in [-0.2, -0.15) is 0 Å². The summed E-state index contributed by atoms with van der Waals surface area (Å²) in [6, 6.07) is 0. The molecule has 82 valence electrons. The van der Waals surface area contributed by atoms with Crippen molar-refractivity contribution in [3.8, 4) is 0 Å². The van der Waals surface area contributed by atoms with E-state index >= 15 is 0 Å². The number of hydrogen-bond donors (Lipinski definition) is 2. The van der Waals surface area contributed by atoms with Crippen molar-refractivity contribution in [2.75, 3.05) is 39.9 Å². The summed E-state index contributed by atoms with van der Waals surface area (Å²) in [6.07, 6.45) is 1.25. The molecular formula is C9H18N2O3. The van der Waals surface area contributed by atoms with E-state index in [1.165, 1.54) is 0 Å². The lowest BCUT2D eigenvalue weighted by Crippen LogP contribution is -2.37. The Morgan fingerprint density at radius 3 is 3.07 bits per heavy atom. The molecule has 1 heterocycles. The van der Waals surface area contributed by atoms with Crippen molar-refractivity contribution in [3.05, 3.63) is 0 Å². The number of methoxy groups -OCH3 is 1. The number of rotatable bonds is 5. The first-order valence-electron chi connectivity index (χ1n) is 4.89. The number of carbonyl (C=O) groups excluding carboxylic acids is 1. The number of likely N-dealkylation sites (tertiary alicyclic amines) is 1. The maximum atomic E-state index is 11.2. The smallest absolute Gasteiger partial charge is 0.234 e. The third-order valence-electron chi connectivity index (χ3n) is 2.36. The number of amides is 1. The molecule has 5 heteroatoms. The topological polar surface area (TPSA) is 61.8 Å². The summed E-state index contributed by atoms with van der Waals surface area (Å²) in [5, 5.41) is 11.1. The first-order valence-corrected chi connectivity index (χ1v) is 4.89. The molecule has 1 aliphatic rings. The molecule has 0 aromatic carbocycles. The molecule has 5 nitrogen and oxygen atoms in total. The minimum atomic E-state index is -0.0317. The van der Waals surface area contributed by atoms with Gasteiger partial charge in [0.2, 0.25) is 5.91 Å². The third-order valence-corrected chi connectivity index (χ3v) is 2.36. The van der Waals surface area contributed by atoms with E-state index in [2.05, 4.69) is 10.2 Å². The molecule has 0 aromatic rings. The molecule has 1 atom stereocenters. The second-order valence-corrected chi connectivity index (χ2v) is 3.46. The van der Waals surface area contributed by atoms with Gasteiger partial charge in [0.25, 0.3) is 0 Å². The molecule has 1 fully saturated rings. The summed E-state index contributed by atoms with van der Waals surface area (Å²) < 4.78 is 5.19. The number of nitrogens with zero attached hydrogens (tertiary/aromatic N) is 1. The molecule has 0 saturated carbocycles. The Labute approximate surface area is 84.0 Å². The number of aliphatic hydroxyl groups excluding tert-OH is 1. The van der Waals surface area contributed by atoms with Gasteiger partial charge in [-0.15, -0.1) is 0 Å². The minimum absolute atomic E-state index is 0.00750. The molecule has 0 aliphatic carbocycles. The predicted molar refractivity (Wildman–Crippen MR) is 51.9 cm³/mol. The monoisotopic (exact) mass is 202 g/mol. The van der Waals surface area contributed by atoms with Crippen LogP contribution in [0.3, 0.4) is 0 Å². The fourth-order valence-electron chi connectivity index (χ4n) is 1.59. The molecule has 0 bridgehead atoms. The summed E-state index contributed by atoms with van der Waals surface area (Å²) in [7, 11) is 1.69. The molecule has 1 amide bonds. The van der Waals surface area contributed by atoms with Gasteiger partial charge in [-0.05, 0) is 6.42 Å². The van der Waals surface area contributed by atoms with Crippen molar-refractivity contribution in [2.24, 2.45) is 0 Å². The Hall–Kier alpha value is -0.650. The number of hydrogen-bond acceptors (Lipinski definition) is 4. The van der Waals surface area contributed by atoms with Crippen molar-refractivity contribution < 1.29 is 14.6 Å². The van der Waals surface area contributed by atoms with Gasteiger partial charge in [-0.1, -0.05) is 0 Å². The van der Waals surface area contributed by atoms with Gasteiger partial charge in [-0.3, -0.25) is 9.69 Å². The SMILES string of the molecule is COC1CCN(CC(=O)NCCO)C1.